The molecule has 3 aromatic rings. The summed E-state index contributed by atoms with van der Waals surface area (Å²) in [7, 11) is 0. The maximum Gasteiger partial charge on any atom is 0.335 e. The predicted octanol–water partition coefficient (Wildman–Crippen LogP) is 0.385. The topological polar surface area (TPSA) is 95.6 Å². The van der Waals surface area contributed by atoms with Crippen LogP contribution in [0, 0.1) is 0 Å². The van der Waals surface area contributed by atoms with Gasteiger partial charge in [0.1, 0.15) is 6.33 Å². The molecule has 4 rings (SSSR count). The molecule has 0 bridgehead atoms. The third kappa shape index (κ3) is 1.96. The van der Waals surface area contributed by atoms with Gasteiger partial charge in [-0.25, -0.2) is 9.78 Å². The van der Waals surface area contributed by atoms with Gasteiger partial charge in [0.05, 0.1) is 16.6 Å². The second kappa shape index (κ2) is 4.92. The Hall–Kier alpha value is -2.74. The maximum atomic E-state index is 11.2. The second-order valence-electron chi connectivity index (χ2n) is 5.21. The van der Waals surface area contributed by atoms with Crippen molar-refractivity contribution < 1.29 is 9.90 Å². The zero-order valence-corrected chi connectivity index (χ0v) is 11.7. The Morgan fingerprint density at radius 2 is 2.09 bits per heavy atom. The molecule has 0 amide bonds. The average molecular weight is 298 g/mol. The van der Waals surface area contributed by atoms with Crippen LogP contribution in [0.15, 0.2) is 24.5 Å². The molecule has 1 fully saturated rings. The summed E-state index contributed by atoms with van der Waals surface area (Å²) in [5.41, 5.74) is 2.29. The Kier molecular flexibility index (Phi) is 2.90. The van der Waals surface area contributed by atoms with Crippen LogP contribution in [-0.2, 0) is 0 Å². The Morgan fingerprint density at radius 3 is 2.86 bits per heavy atom. The van der Waals surface area contributed by atoms with Crippen LogP contribution in [0.25, 0.3) is 16.7 Å². The highest BCUT2D eigenvalue weighted by atomic mass is 16.4. The first kappa shape index (κ1) is 13.0. The average Bonchev–Trinajstić information content (AvgIpc) is 3.04. The normalized spacial score (nSPS) is 15.5. The van der Waals surface area contributed by atoms with Crippen molar-refractivity contribution >= 4 is 28.5 Å². The fraction of sp³-hybridized carbons (Fsp3) is 0.286. The van der Waals surface area contributed by atoms with E-state index in [0.717, 1.165) is 37.5 Å². The smallest absolute Gasteiger partial charge is 0.335 e. The van der Waals surface area contributed by atoms with Crippen LogP contribution in [0.1, 0.15) is 10.4 Å². The van der Waals surface area contributed by atoms with Crippen molar-refractivity contribution in [3.8, 4) is 0 Å². The van der Waals surface area contributed by atoms with E-state index in [1.165, 1.54) is 0 Å². The summed E-state index contributed by atoms with van der Waals surface area (Å²) < 4.78 is 1.80. The van der Waals surface area contributed by atoms with Gasteiger partial charge in [0, 0.05) is 26.2 Å². The third-order valence-corrected chi connectivity index (χ3v) is 3.87. The van der Waals surface area contributed by atoms with Gasteiger partial charge < -0.3 is 15.3 Å². The summed E-state index contributed by atoms with van der Waals surface area (Å²) in [5.74, 6) is -0.177. The number of anilines is 1. The molecule has 1 aliphatic heterocycles. The van der Waals surface area contributed by atoms with Gasteiger partial charge in [-0.2, -0.15) is 0 Å². The minimum absolute atomic E-state index is 0.222. The van der Waals surface area contributed by atoms with E-state index in [0.29, 0.717) is 11.2 Å². The molecule has 0 atom stereocenters. The number of benzene rings is 1. The Bertz CT molecular complexity index is 868. The van der Waals surface area contributed by atoms with Gasteiger partial charge in [-0.05, 0) is 18.2 Å². The SMILES string of the molecule is O=C(O)c1ccc2nc(N3CCNCC3)c3nncn3c2c1. The molecule has 0 saturated carbocycles. The summed E-state index contributed by atoms with van der Waals surface area (Å²) in [6, 6.07) is 4.89. The van der Waals surface area contributed by atoms with Gasteiger partial charge in [-0.3, -0.25) is 4.40 Å². The van der Waals surface area contributed by atoms with E-state index in [1.807, 2.05) is 0 Å². The number of hydrogen-bond acceptors (Lipinski definition) is 6. The zero-order chi connectivity index (χ0) is 15.1. The van der Waals surface area contributed by atoms with Crippen molar-refractivity contribution in [3.05, 3.63) is 30.1 Å². The number of fused-ring (bicyclic) bond motifs is 3. The highest BCUT2D eigenvalue weighted by Crippen LogP contribution is 2.24. The molecule has 0 unspecified atom stereocenters. The number of carboxylic acids is 1. The van der Waals surface area contributed by atoms with Crippen LogP contribution in [0.4, 0.5) is 5.82 Å². The van der Waals surface area contributed by atoms with E-state index in [2.05, 4.69) is 25.4 Å². The van der Waals surface area contributed by atoms with Crippen LogP contribution < -0.4 is 10.2 Å². The molecule has 1 aliphatic rings. The lowest BCUT2D eigenvalue weighted by Gasteiger charge is -2.28. The molecule has 0 aliphatic carbocycles. The lowest BCUT2D eigenvalue weighted by atomic mass is 10.2. The molecule has 8 heteroatoms. The summed E-state index contributed by atoms with van der Waals surface area (Å²) in [6.45, 7) is 3.51. The second-order valence-corrected chi connectivity index (χ2v) is 5.21. The molecule has 0 radical (unpaired) electrons. The van der Waals surface area contributed by atoms with E-state index in [-0.39, 0.29) is 5.56 Å². The Morgan fingerprint density at radius 1 is 1.27 bits per heavy atom. The molecule has 3 heterocycles. The number of hydrogen-bond donors (Lipinski definition) is 2. The van der Waals surface area contributed by atoms with Crippen LogP contribution >= 0.6 is 0 Å². The van der Waals surface area contributed by atoms with E-state index in [1.54, 1.807) is 28.9 Å². The molecule has 22 heavy (non-hydrogen) atoms. The maximum absolute atomic E-state index is 11.2. The van der Waals surface area contributed by atoms with E-state index in [9.17, 15) is 4.79 Å². The van der Waals surface area contributed by atoms with Crippen LogP contribution in [0.5, 0.6) is 0 Å². The summed E-state index contributed by atoms with van der Waals surface area (Å²) in [4.78, 5) is 18.0. The number of nitrogens with zero attached hydrogens (tertiary/aromatic N) is 5. The van der Waals surface area contributed by atoms with Gasteiger partial charge in [0.2, 0.25) is 5.65 Å². The molecule has 1 aromatic carbocycles. The van der Waals surface area contributed by atoms with Crippen LogP contribution in [0.3, 0.4) is 0 Å². The fourth-order valence-electron chi connectivity index (χ4n) is 2.76. The quantitative estimate of drug-likeness (QED) is 0.706. The number of aromatic nitrogens is 4. The lowest BCUT2D eigenvalue weighted by molar-refractivity contribution is 0.0697. The van der Waals surface area contributed by atoms with Gasteiger partial charge in [0.15, 0.2) is 5.82 Å². The van der Waals surface area contributed by atoms with Crippen molar-refractivity contribution in [3.63, 3.8) is 0 Å². The monoisotopic (exact) mass is 298 g/mol. The van der Waals surface area contributed by atoms with Gasteiger partial charge >= 0.3 is 5.97 Å². The van der Waals surface area contributed by atoms with Gasteiger partial charge in [-0.1, -0.05) is 0 Å². The van der Waals surface area contributed by atoms with Crippen molar-refractivity contribution in [2.45, 2.75) is 0 Å². The third-order valence-electron chi connectivity index (χ3n) is 3.87. The molecular weight excluding hydrogens is 284 g/mol. The van der Waals surface area contributed by atoms with E-state index < -0.39 is 5.97 Å². The van der Waals surface area contributed by atoms with Crippen molar-refractivity contribution in [2.24, 2.45) is 0 Å². The molecule has 1 saturated heterocycles. The van der Waals surface area contributed by atoms with E-state index in [4.69, 9.17) is 5.11 Å². The highest BCUT2D eigenvalue weighted by molar-refractivity contribution is 5.93. The molecule has 112 valence electrons. The lowest BCUT2D eigenvalue weighted by Crippen LogP contribution is -2.44. The molecular formula is C14H14N6O2. The minimum Gasteiger partial charge on any atom is -0.478 e. The van der Waals surface area contributed by atoms with Crippen molar-refractivity contribution in [1.29, 1.82) is 0 Å². The fourth-order valence-corrected chi connectivity index (χ4v) is 2.76. The molecule has 2 N–H and O–H groups in total. The number of piperazine rings is 1. The molecule has 8 nitrogen and oxygen atoms in total. The van der Waals surface area contributed by atoms with E-state index >= 15 is 0 Å². The summed E-state index contributed by atoms with van der Waals surface area (Å²) >= 11 is 0. The number of carbonyl (C=O) groups is 1. The number of aromatic carboxylic acids is 1. The predicted molar refractivity (Wildman–Crippen MR) is 80.3 cm³/mol. The number of carboxylic acid groups (broad SMARTS) is 1. The Balaban J connectivity index is 1.96. The number of nitrogens with one attached hydrogen (secondary N) is 1. The molecule has 0 spiro atoms. The van der Waals surface area contributed by atoms with Gasteiger partial charge in [0.25, 0.3) is 0 Å². The first-order valence-corrected chi connectivity index (χ1v) is 7.06. The van der Waals surface area contributed by atoms with Gasteiger partial charge in [-0.15, -0.1) is 10.2 Å². The zero-order valence-electron chi connectivity index (χ0n) is 11.7. The van der Waals surface area contributed by atoms with Crippen LogP contribution in [0.2, 0.25) is 0 Å². The van der Waals surface area contributed by atoms with Crippen molar-refractivity contribution in [2.75, 3.05) is 31.1 Å². The number of rotatable bonds is 2. The van der Waals surface area contributed by atoms with Crippen molar-refractivity contribution in [1.82, 2.24) is 24.9 Å². The standard InChI is InChI=1S/C14H14N6O2/c21-14(22)9-1-2-10-11(7-9)20-8-16-18-13(20)12(17-10)19-5-3-15-4-6-19/h1-2,7-8,15H,3-6H2,(H,21,22). The minimum atomic E-state index is -0.964. The summed E-state index contributed by atoms with van der Waals surface area (Å²) in [5, 5.41) is 20.6. The first-order valence-electron chi connectivity index (χ1n) is 7.06. The largest absolute Gasteiger partial charge is 0.478 e. The highest BCUT2D eigenvalue weighted by Gasteiger charge is 2.19. The molecule has 2 aromatic heterocycles. The summed E-state index contributed by atoms with van der Waals surface area (Å²) in [6.07, 6.45) is 1.59. The first-order chi connectivity index (χ1) is 10.7. The Labute approximate surface area is 125 Å². The van der Waals surface area contributed by atoms with Crippen LogP contribution in [-0.4, -0.2) is 56.8 Å².